The zero-order chi connectivity index (χ0) is 63.0. The second-order valence-electron chi connectivity index (χ2n) is 34.9. The van der Waals surface area contributed by atoms with Crippen molar-refractivity contribution in [1.29, 1.82) is 0 Å². The summed E-state index contributed by atoms with van der Waals surface area (Å²) in [5, 5.41) is 0. The largest absolute Gasteiger partial charge is 0.450 e. The fourth-order valence-electron chi connectivity index (χ4n) is 23.9. The van der Waals surface area contributed by atoms with Gasteiger partial charge >= 0.3 is 5.97 Å². The smallest absolute Gasteiger partial charge is 0.313 e. The van der Waals surface area contributed by atoms with Crippen molar-refractivity contribution >= 4 is 58.6 Å². The zero-order valence-electron chi connectivity index (χ0n) is 55.2. The fourth-order valence-corrected chi connectivity index (χ4v) is 27.7. The molecule has 1 aliphatic heterocycles. The summed E-state index contributed by atoms with van der Waals surface area (Å²) in [6.07, 6.45) is 38.3. The lowest BCUT2D eigenvalue weighted by molar-refractivity contribution is -0.166. The van der Waals surface area contributed by atoms with Crippen LogP contribution in [0.1, 0.15) is 230 Å². The number of hydrogen-bond acceptors (Lipinski definition) is 12. The summed E-state index contributed by atoms with van der Waals surface area (Å²) >= 11 is 0. The molecule has 17 fully saturated rings. The van der Waals surface area contributed by atoms with Crippen LogP contribution in [0.3, 0.4) is 0 Å². The van der Waals surface area contributed by atoms with Crippen molar-refractivity contribution in [1.82, 2.24) is 0 Å². The molecule has 0 radical (unpaired) electrons. The number of allylic oxidation sites excluding steroid dienone is 2. The molecule has 486 valence electrons. The lowest BCUT2D eigenvalue weighted by atomic mass is 9.48. The third-order valence-electron chi connectivity index (χ3n) is 28.1. The molecule has 0 aromatic heterocycles. The second kappa shape index (κ2) is 23.1. The summed E-state index contributed by atoms with van der Waals surface area (Å²) in [7, 11) is -8.66. The van der Waals surface area contributed by atoms with Crippen molar-refractivity contribution in [2.24, 2.45) is 127 Å². The van der Waals surface area contributed by atoms with Crippen LogP contribution in [-0.2, 0) is 58.2 Å². The molecule has 1 saturated heterocycles. The SMILES string of the molecule is CC(=O)C12CC3CC(CC(C3)C1)C2.CC(=O)C12CCC(C)(C(=O)O1)C2(C)C.CC(=O)CC1C2CC3CC(C2)CC1C3.CC1(C)C2C=CC(CCS(C)(=O)=O)C1C2.CC1(C)C2CCC1(CS(C)(=O)=O)C(=O)C2.CS(=O)(=O)CC12CC3CC(CC(C3)C1)C2. The Balaban J connectivity index is 0.000000115. The quantitative estimate of drug-likeness (QED) is 0.140. The Bertz CT molecular complexity index is 2940. The van der Waals surface area contributed by atoms with E-state index in [9.17, 15) is 49.2 Å². The number of fused-ring (bicyclic) bond motifs is 5. The van der Waals surface area contributed by atoms with Gasteiger partial charge in [0.1, 0.15) is 46.9 Å². The number of carbonyl (C=O) groups is 5. The second-order valence-corrected chi connectivity index (χ2v) is 41.5. The van der Waals surface area contributed by atoms with E-state index in [-0.39, 0.29) is 44.9 Å². The average molecular weight is 1250 g/mol. The van der Waals surface area contributed by atoms with E-state index >= 15 is 0 Å². The molecule has 18 bridgehead atoms. The molecule has 18 aliphatic carbocycles. The summed E-state index contributed by atoms with van der Waals surface area (Å²) < 4.78 is 73.5. The normalized spacial score (nSPS) is 44.9. The first-order valence-corrected chi connectivity index (χ1v) is 40.3. The number of carbonyl (C=O) groups excluding carboxylic acids is 5. The molecule has 0 spiro atoms. The lowest BCUT2D eigenvalue weighted by Gasteiger charge is -2.57. The van der Waals surface area contributed by atoms with Crippen molar-refractivity contribution in [3.8, 4) is 0 Å². The minimum absolute atomic E-state index is 0.0166. The first kappa shape index (κ1) is 66.7. The van der Waals surface area contributed by atoms with Gasteiger partial charge in [-0.2, -0.15) is 0 Å². The number of Topliss-reactive ketones (excluding diaryl/α,β-unsaturated/α-hetero) is 4. The van der Waals surface area contributed by atoms with Crippen LogP contribution in [0, 0.1) is 127 Å². The van der Waals surface area contributed by atoms with Crippen LogP contribution in [0.25, 0.3) is 0 Å². The van der Waals surface area contributed by atoms with Crippen LogP contribution in [0.4, 0.5) is 0 Å². The molecule has 7 atom stereocenters. The summed E-state index contributed by atoms with van der Waals surface area (Å²) in [6, 6.07) is 0. The van der Waals surface area contributed by atoms with E-state index in [2.05, 4.69) is 39.8 Å². The summed E-state index contributed by atoms with van der Waals surface area (Å²) in [4.78, 5) is 58.3. The maximum absolute atomic E-state index is 12.0. The molecule has 1 heterocycles. The Hall–Kier alpha value is -2.26. The van der Waals surface area contributed by atoms with Crippen molar-refractivity contribution in [2.45, 2.75) is 235 Å². The highest BCUT2D eigenvalue weighted by Crippen LogP contribution is 2.67. The number of ether oxygens (including phenoxy) is 1. The first-order valence-electron chi connectivity index (χ1n) is 34.1. The third-order valence-corrected chi connectivity index (χ3v) is 31.2. The Morgan fingerprint density at radius 3 is 1.37 bits per heavy atom. The average Bonchev–Trinajstić information content (AvgIpc) is 1.52. The van der Waals surface area contributed by atoms with Crippen LogP contribution in [-0.4, -0.2) is 96.0 Å². The highest BCUT2D eigenvalue weighted by atomic mass is 32.2. The van der Waals surface area contributed by atoms with Gasteiger partial charge in [0.25, 0.3) is 0 Å². The molecule has 19 aliphatic rings. The number of sulfone groups is 3. The maximum Gasteiger partial charge on any atom is 0.313 e. The predicted octanol–water partition coefficient (Wildman–Crippen LogP) is 13.5. The topological polar surface area (TPSA) is 197 Å². The molecule has 0 aromatic rings. The molecule has 7 unspecified atom stereocenters. The van der Waals surface area contributed by atoms with E-state index in [4.69, 9.17) is 4.74 Å². The monoisotopic (exact) mass is 1250 g/mol. The molecule has 15 heteroatoms. The van der Waals surface area contributed by atoms with Gasteiger partial charge in [-0.25, -0.2) is 25.3 Å². The van der Waals surface area contributed by atoms with Gasteiger partial charge in [0, 0.05) is 47.9 Å². The molecule has 0 N–H and O–H groups in total. The molecular formula is C71H112O12S3. The van der Waals surface area contributed by atoms with Gasteiger partial charge < -0.3 is 9.53 Å². The Morgan fingerprint density at radius 2 is 1.03 bits per heavy atom. The van der Waals surface area contributed by atoms with E-state index in [1.807, 2.05) is 27.7 Å². The minimum atomic E-state index is -3.08. The number of rotatable bonds is 11. The van der Waals surface area contributed by atoms with E-state index < -0.39 is 45.9 Å². The van der Waals surface area contributed by atoms with E-state index in [1.54, 1.807) is 6.92 Å². The molecule has 86 heavy (non-hydrogen) atoms. The van der Waals surface area contributed by atoms with Crippen LogP contribution in [0.2, 0.25) is 0 Å². The van der Waals surface area contributed by atoms with Crippen molar-refractivity contribution in [3.63, 3.8) is 0 Å². The van der Waals surface area contributed by atoms with Crippen LogP contribution >= 0.6 is 0 Å². The highest BCUT2D eigenvalue weighted by Gasteiger charge is 2.74. The van der Waals surface area contributed by atoms with Gasteiger partial charge in [0.05, 0.1) is 22.7 Å². The molecule has 0 amide bonds. The van der Waals surface area contributed by atoms with Gasteiger partial charge in [-0.3, -0.25) is 19.2 Å². The number of hydrogen-bond donors (Lipinski definition) is 0. The van der Waals surface area contributed by atoms with Gasteiger partial charge in [0.2, 0.25) is 0 Å². The Labute approximate surface area is 519 Å². The molecule has 19 rings (SSSR count). The molecule has 0 aromatic carbocycles. The standard InChI is InChI=1S/C13H20O.2C12H20O2S.C12H18O.C11H18O3S.C11H16O3/c1-8(14)2-13-11-4-9-3-10(6-11)7-12(13)5-9;1-15(13,14)8-12-5-9-2-10(6-12)4-11(3-9)7-12;1-12(2)10-5-4-9(11(12)8-10)6-7-15(3,13)14;1-8(13)12-5-9-2-10(6-12)4-11(3-9)7-12;1-10(2)8-4-5-11(10,9(12)6-8)7-15(3,13)14;1-7(12)11-6-5-10(4,8(13)14-11)9(11,2)3/h9-13H,2-7H2,1H3;9-11H,2-8H2,1H3;4-5,9-11H,6-8H2,1-3H3;9-11H,2-7H2,1H3;8H,4-7H2,1-3H3;5-6H2,1-4H3. The van der Waals surface area contributed by atoms with Crippen LogP contribution in [0.15, 0.2) is 12.2 Å². The Morgan fingerprint density at radius 1 is 0.558 bits per heavy atom. The van der Waals surface area contributed by atoms with Crippen LogP contribution in [0.5, 0.6) is 0 Å². The van der Waals surface area contributed by atoms with Gasteiger partial charge in [-0.05, 0) is 280 Å². The molecule has 16 saturated carbocycles. The van der Waals surface area contributed by atoms with Gasteiger partial charge in [0.15, 0.2) is 11.4 Å². The highest BCUT2D eigenvalue weighted by molar-refractivity contribution is 7.91. The predicted molar refractivity (Wildman–Crippen MR) is 339 cm³/mol. The Kier molecular flexibility index (Phi) is 17.9. The van der Waals surface area contributed by atoms with E-state index in [1.165, 1.54) is 141 Å². The third kappa shape index (κ3) is 12.6. The maximum atomic E-state index is 12.0. The van der Waals surface area contributed by atoms with Gasteiger partial charge in [-0.1, -0.05) is 53.7 Å². The minimum Gasteiger partial charge on any atom is -0.450 e. The number of ketones is 4. The van der Waals surface area contributed by atoms with Gasteiger partial charge in [-0.15, -0.1) is 0 Å². The van der Waals surface area contributed by atoms with Crippen molar-refractivity contribution < 1.29 is 54.0 Å². The fraction of sp³-hybridized carbons (Fsp3) is 0.901. The van der Waals surface area contributed by atoms with E-state index in [0.29, 0.717) is 59.1 Å². The van der Waals surface area contributed by atoms with Crippen LogP contribution < -0.4 is 0 Å². The van der Waals surface area contributed by atoms with Crippen molar-refractivity contribution in [2.75, 3.05) is 36.0 Å². The lowest BCUT2D eigenvalue weighted by Crippen LogP contribution is -2.50. The van der Waals surface area contributed by atoms with Crippen molar-refractivity contribution in [3.05, 3.63) is 12.2 Å². The zero-order valence-corrected chi connectivity index (χ0v) is 57.7. The van der Waals surface area contributed by atoms with E-state index in [0.717, 1.165) is 103 Å². The summed E-state index contributed by atoms with van der Waals surface area (Å²) in [5.74, 6) is 14.0. The summed E-state index contributed by atoms with van der Waals surface area (Å²) in [6.45, 7) is 19.7. The summed E-state index contributed by atoms with van der Waals surface area (Å²) in [5.41, 5.74) is -1.65. The molecular weight excluding hydrogens is 1140 g/mol. The molecule has 12 nitrogen and oxygen atoms in total. The number of esters is 1. The first-order chi connectivity index (χ1) is 39.6.